The fourth-order valence-corrected chi connectivity index (χ4v) is 3.94. The Balaban J connectivity index is 1.76. The summed E-state index contributed by atoms with van der Waals surface area (Å²) < 4.78 is 11.8. The van der Waals surface area contributed by atoms with E-state index >= 15 is 0 Å². The van der Waals surface area contributed by atoms with Gasteiger partial charge in [0.15, 0.2) is 0 Å². The molecule has 1 heterocycles. The molecule has 21 heavy (non-hydrogen) atoms. The molecule has 1 aliphatic heterocycles. The van der Waals surface area contributed by atoms with Crippen LogP contribution in [0, 0.1) is 11.8 Å². The third-order valence-electron chi connectivity index (χ3n) is 5.17. The zero-order chi connectivity index (χ0) is 14.7. The van der Waals surface area contributed by atoms with E-state index in [4.69, 9.17) is 9.47 Å². The summed E-state index contributed by atoms with van der Waals surface area (Å²) in [6, 6.07) is 6.44. The van der Waals surface area contributed by atoms with E-state index in [9.17, 15) is 0 Å². The van der Waals surface area contributed by atoms with Crippen molar-refractivity contribution in [3.8, 4) is 5.75 Å². The number of allylic oxidation sites excluding steroid dienone is 1. The Hall–Kier alpha value is -1.28. The Bertz CT molecular complexity index is 494. The second-order valence-corrected chi connectivity index (χ2v) is 6.43. The maximum Gasteiger partial charge on any atom is 0.122 e. The van der Waals surface area contributed by atoms with Crippen molar-refractivity contribution in [2.75, 3.05) is 13.7 Å². The molecule has 114 valence electrons. The van der Waals surface area contributed by atoms with Crippen LogP contribution in [0.2, 0.25) is 0 Å². The molecule has 0 saturated carbocycles. The van der Waals surface area contributed by atoms with Gasteiger partial charge in [0, 0.05) is 13.0 Å². The smallest absolute Gasteiger partial charge is 0.122 e. The van der Waals surface area contributed by atoms with Crippen LogP contribution in [0.1, 0.15) is 36.8 Å². The Labute approximate surface area is 128 Å². The second kappa shape index (κ2) is 6.65. The first-order valence-corrected chi connectivity index (χ1v) is 8.19. The van der Waals surface area contributed by atoms with Crippen LogP contribution in [0.4, 0.5) is 0 Å². The van der Waals surface area contributed by atoms with Crippen LogP contribution < -0.4 is 4.74 Å². The van der Waals surface area contributed by atoms with Crippen molar-refractivity contribution in [1.82, 2.24) is 0 Å². The van der Waals surface area contributed by atoms with E-state index in [0.29, 0.717) is 12.0 Å². The molecule has 1 aromatic rings. The third kappa shape index (κ3) is 3.16. The molecule has 1 unspecified atom stereocenters. The lowest BCUT2D eigenvalue weighted by atomic mass is 9.77. The Morgan fingerprint density at radius 3 is 3.00 bits per heavy atom. The van der Waals surface area contributed by atoms with Gasteiger partial charge in [0.25, 0.3) is 0 Å². The largest absolute Gasteiger partial charge is 0.496 e. The number of fused-ring (bicyclic) bond motifs is 2. The van der Waals surface area contributed by atoms with Gasteiger partial charge < -0.3 is 9.47 Å². The number of hydrogen-bond acceptors (Lipinski definition) is 2. The molecule has 0 bridgehead atoms. The summed E-state index contributed by atoms with van der Waals surface area (Å²) in [5, 5.41) is 0. The molecule has 3 rings (SSSR count). The predicted octanol–water partition coefficient (Wildman–Crippen LogP) is 4.17. The van der Waals surface area contributed by atoms with Gasteiger partial charge in [-0.2, -0.15) is 0 Å². The van der Waals surface area contributed by atoms with E-state index in [2.05, 4.69) is 30.9 Å². The molecule has 3 atom stereocenters. The van der Waals surface area contributed by atoms with Gasteiger partial charge in [-0.05, 0) is 61.1 Å². The molecule has 2 aliphatic rings. The topological polar surface area (TPSA) is 18.5 Å². The Morgan fingerprint density at radius 2 is 2.19 bits per heavy atom. The molecule has 0 amide bonds. The van der Waals surface area contributed by atoms with E-state index in [0.717, 1.165) is 37.5 Å². The standard InChI is InChI=1S/C19H26O2/c1-3-5-14-8-9-16-12-15-6-4-7-18(20-2)17(15)13-19(16)21-11-10-14/h3-4,6-7,14,16,19H,1,5,8-13H2,2H3/t14?,16-,19-/m1/s1. The zero-order valence-corrected chi connectivity index (χ0v) is 13.0. The Morgan fingerprint density at radius 1 is 1.29 bits per heavy atom. The third-order valence-corrected chi connectivity index (χ3v) is 5.17. The number of hydrogen-bond donors (Lipinski definition) is 0. The second-order valence-electron chi connectivity index (χ2n) is 6.43. The van der Waals surface area contributed by atoms with Gasteiger partial charge in [0.2, 0.25) is 0 Å². The maximum atomic E-state index is 6.23. The minimum Gasteiger partial charge on any atom is -0.496 e. The average molecular weight is 286 g/mol. The maximum absolute atomic E-state index is 6.23. The molecule has 0 spiro atoms. The molecule has 0 radical (unpaired) electrons. The molecular weight excluding hydrogens is 260 g/mol. The highest BCUT2D eigenvalue weighted by Crippen LogP contribution is 2.37. The molecule has 2 heteroatoms. The van der Waals surface area contributed by atoms with Crippen LogP contribution in [-0.4, -0.2) is 19.8 Å². The molecule has 1 aromatic carbocycles. The quantitative estimate of drug-likeness (QED) is 0.776. The van der Waals surface area contributed by atoms with Crippen molar-refractivity contribution in [1.29, 1.82) is 0 Å². The van der Waals surface area contributed by atoms with Gasteiger partial charge in [0.1, 0.15) is 5.75 Å². The lowest BCUT2D eigenvalue weighted by Gasteiger charge is -2.36. The molecule has 1 fully saturated rings. The van der Waals surface area contributed by atoms with Gasteiger partial charge in [-0.15, -0.1) is 6.58 Å². The predicted molar refractivity (Wildman–Crippen MR) is 85.8 cm³/mol. The molecule has 1 saturated heterocycles. The molecule has 0 N–H and O–H groups in total. The fourth-order valence-electron chi connectivity index (χ4n) is 3.94. The van der Waals surface area contributed by atoms with Crippen molar-refractivity contribution in [2.45, 2.75) is 44.6 Å². The van der Waals surface area contributed by atoms with Crippen molar-refractivity contribution in [2.24, 2.45) is 11.8 Å². The lowest BCUT2D eigenvalue weighted by Crippen LogP contribution is -2.35. The Kier molecular flexibility index (Phi) is 4.64. The van der Waals surface area contributed by atoms with E-state index in [1.165, 1.54) is 30.4 Å². The van der Waals surface area contributed by atoms with Gasteiger partial charge in [0.05, 0.1) is 13.2 Å². The summed E-state index contributed by atoms with van der Waals surface area (Å²) in [4.78, 5) is 0. The normalized spacial score (nSPS) is 28.7. The van der Waals surface area contributed by atoms with E-state index < -0.39 is 0 Å². The van der Waals surface area contributed by atoms with Gasteiger partial charge in [-0.25, -0.2) is 0 Å². The summed E-state index contributed by atoms with van der Waals surface area (Å²) in [7, 11) is 1.76. The molecular formula is C19H26O2. The van der Waals surface area contributed by atoms with Crippen LogP contribution >= 0.6 is 0 Å². The number of methoxy groups -OCH3 is 1. The van der Waals surface area contributed by atoms with Gasteiger partial charge in [-0.1, -0.05) is 18.2 Å². The van der Waals surface area contributed by atoms with Crippen molar-refractivity contribution in [3.05, 3.63) is 42.0 Å². The van der Waals surface area contributed by atoms with Crippen molar-refractivity contribution < 1.29 is 9.47 Å². The summed E-state index contributed by atoms with van der Waals surface area (Å²) >= 11 is 0. The van der Waals surface area contributed by atoms with E-state index in [1.54, 1.807) is 7.11 Å². The summed E-state index contributed by atoms with van der Waals surface area (Å²) in [5.41, 5.74) is 2.82. The lowest BCUT2D eigenvalue weighted by molar-refractivity contribution is -0.0157. The number of ether oxygens (including phenoxy) is 2. The summed E-state index contributed by atoms with van der Waals surface area (Å²) in [6.07, 6.45) is 9.48. The minimum atomic E-state index is 0.374. The first-order valence-electron chi connectivity index (χ1n) is 8.19. The zero-order valence-electron chi connectivity index (χ0n) is 13.0. The first-order chi connectivity index (χ1) is 10.3. The van der Waals surface area contributed by atoms with Crippen LogP contribution in [0.5, 0.6) is 5.75 Å². The van der Waals surface area contributed by atoms with Crippen molar-refractivity contribution in [3.63, 3.8) is 0 Å². The highest BCUT2D eigenvalue weighted by molar-refractivity contribution is 5.42. The fraction of sp³-hybridized carbons (Fsp3) is 0.579. The highest BCUT2D eigenvalue weighted by Gasteiger charge is 2.32. The number of rotatable bonds is 3. The van der Waals surface area contributed by atoms with Crippen LogP contribution in [-0.2, 0) is 17.6 Å². The van der Waals surface area contributed by atoms with Gasteiger partial charge in [-0.3, -0.25) is 0 Å². The summed E-state index contributed by atoms with van der Waals surface area (Å²) in [5.74, 6) is 2.45. The average Bonchev–Trinajstić information content (AvgIpc) is 2.49. The SMILES string of the molecule is C=CCC1CCO[C@@H]2Cc3c(cccc3OC)C[C@H]2CC1. The minimum absolute atomic E-state index is 0.374. The van der Waals surface area contributed by atoms with E-state index in [1.807, 2.05) is 0 Å². The molecule has 0 aromatic heterocycles. The first kappa shape index (κ1) is 14.6. The monoisotopic (exact) mass is 286 g/mol. The summed E-state index contributed by atoms with van der Waals surface area (Å²) in [6.45, 7) is 4.78. The van der Waals surface area contributed by atoms with E-state index in [-0.39, 0.29) is 0 Å². The van der Waals surface area contributed by atoms with Crippen LogP contribution in [0.3, 0.4) is 0 Å². The molecule has 1 aliphatic carbocycles. The number of benzene rings is 1. The van der Waals surface area contributed by atoms with Gasteiger partial charge >= 0.3 is 0 Å². The van der Waals surface area contributed by atoms with Crippen LogP contribution in [0.25, 0.3) is 0 Å². The highest BCUT2D eigenvalue weighted by atomic mass is 16.5. The van der Waals surface area contributed by atoms with Crippen molar-refractivity contribution >= 4 is 0 Å². The molecule has 2 nitrogen and oxygen atoms in total. The van der Waals surface area contributed by atoms with Crippen LogP contribution in [0.15, 0.2) is 30.9 Å².